The van der Waals surface area contributed by atoms with Gasteiger partial charge >= 0.3 is 6.09 Å². The normalized spacial score (nSPS) is 11.2. The fourth-order valence-electron chi connectivity index (χ4n) is 1.78. The number of hydrogen-bond acceptors (Lipinski definition) is 5. The molecule has 7 heteroatoms. The highest BCUT2D eigenvalue weighted by atomic mass is 16.6. The van der Waals surface area contributed by atoms with Gasteiger partial charge in [-0.1, -0.05) is 12.1 Å². The van der Waals surface area contributed by atoms with E-state index >= 15 is 0 Å². The van der Waals surface area contributed by atoms with E-state index in [0.29, 0.717) is 17.1 Å². The van der Waals surface area contributed by atoms with E-state index in [2.05, 4.69) is 15.5 Å². The maximum absolute atomic E-state index is 11.9. The maximum Gasteiger partial charge on any atom is 0.412 e. The van der Waals surface area contributed by atoms with Crippen molar-refractivity contribution in [2.24, 2.45) is 0 Å². The van der Waals surface area contributed by atoms with Crippen LogP contribution in [0.1, 0.15) is 20.8 Å². The summed E-state index contributed by atoms with van der Waals surface area (Å²) in [6.45, 7) is 5.27. The molecule has 2 rings (SSSR count). The number of nitrogens with two attached hydrogens (primary N) is 1. The first-order valence-corrected chi connectivity index (χ1v) is 6.39. The molecule has 2 aromatic rings. The fraction of sp³-hybridized carbons (Fsp3) is 0.286. The van der Waals surface area contributed by atoms with Crippen LogP contribution in [0.5, 0.6) is 5.75 Å². The van der Waals surface area contributed by atoms with Crippen LogP contribution < -0.4 is 11.1 Å². The van der Waals surface area contributed by atoms with Crippen LogP contribution in [-0.4, -0.2) is 27.0 Å². The lowest BCUT2D eigenvalue weighted by Crippen LogP contribution is -2.27. The van der Waals surface area contributed by atoms with Gasteiger partial charge in [0.25, 0.3) is 0 Å². The number of para-hydroxylation sites is 1. The fourth-order valence-corrected chi connectivity index (χ4v) is 1.78. The minimum atomic E-state index is -0.655. The summed E-state index contributed by atoms with van der Waals surface area (Å²) in [7, 11) is 0. The van der Waals surface area contributed by atoms with Gasteiger partial charge in [-0.05, 0) is 26.8 Å². The molecule has 0 bridgehead atoms. The summed E-state index contributed by atoms with van der Waals surface area (Å²) < 4.78 is 5.18. The molecule has 7 nitrogen and oxygen atoms in total. The number of nitrogens with zero attached hydrogens (tertiary/aromatic N) is 1. The topological polar surface area (TPSA) is 113 Å². The van der Waals surface area contributed by atoms with Crippen molar-refractivity contribution >= 4 is 17.6 Å². The molecule has 21 heavy (non-hydrogen) atoms. The van der Waals surface area contributed by atoms with Crippen LogP contribution in [0.15, 0.2) is 24.3 Å². The number of carbonyl (C=O) groups is 1. The number of aromatic nitrogens is 2. The second-order valence-corrected chi connectivity index (χ2v) is 5.53. The summed E-state index contributed by atoms with van der Waals surface area (Å²) in [4.78, 5) is 11.9. The number of aromatic hydroxyl groups is 1. The Balaban J connectivity index is 2.33. The van der Waals surface area contributed by atoms with Gasteiger partial charge in [-0.25, -0.2) is 4.79 Å². The van der Waals surface area contributed by atoms with Gasteiger partial charge < -0.3 is 15.6 Å². The molecule has 1 amide bonds. The summed E-state index contributed by atoms with van der Waals surface area (Å²) >= 11 is 0. The molecule has 0 aliphatic rings. The number of phenols is 1. The zero-order valence-electron chi connectivity index (χ0n) is 12.1. The molecule has 0 saturated heterocycles. The van der Waals surface area contributed by atoms with Crippen molar-refractivity contribution in [3.8, 4) is 17.0 Å². The molecule has 0 saturated carbocycles. The van der Waals surface area contributed by atoms with Crippen LogP contribution in [0.3, 0.4) is 0 Å². The summed E-state index contributed by atoms with van der Waals surface area (Å²) in [5.41, 5.74) is 6.31. The van der Waals surface area contributed by atoms with Crippen molar-refractivity contribution < 1.29 is 14.6 Å². The Morgan fingerprint density at radius 3 is 2.71 bits per heavy atom. The lowest BCUT2D eigenvalue weighted by molar-refractivity contribution is 0.0635. The molecule has 0 spiro atoms. The Morgan fingerprint density at radius 2 is 2.14 bits per heavy atom. The minimum absolute atomic E-state index is 0.0773. The number of anilines is 2. The molecule has 0 aliphatic heterocycles. The van der Waals surface area contributed by atoms with E-state index in [1.807, 2.05) is 0 Å². The van der Waals surface area contributed by atoms with Crippen molar-refractivity contribution in [3.63, 3.8) is 0 Å². The van der Waals surface area contributed by atoms with Gasteiger partial charge in [-0.2, -0.15) is 5.10 Å². The van der Waals surface area contributed by atoms with Crippen LogP contribution >= 0.6 is 0 Å². The Bertz CT molecular complexity index is 658. The molecule has 0 fully saturated rings. The average molecular weight is 290 g/mol. The number of carbonyl (C=O) groups excluding carboxylic acids is 1. The number of rotatable bonds is 2. The average Bonchev–Trinajstić information content (AvgIpc) is 2.76. The van der Waals surface area contributed by atoms with Gasteiger partial charge in [0.2, 0.25) is 0 Å². The van der Waals surface area contributed by atoms with Gasteiger partial charge in [-0.15, -0.1) is 0 Å². The van der Waals surface area contributed by atoms with Crippen LogP contribution in [0.2, 0.25) is 0 Å². The summed E-state index contributed by atoms with van der Waals surface area (Å²) in [6.07, 6.45) is -0.655. The van der Waals surface area contributed by atoms with Crippen LogP contribution in [-0.2, 0) is 4.74 Å². The zero-order chi connectivity index (χ0) is 15.6. The lowest BCUT2D eigenvalue weighted by atomic mass is 10.1. The molecule has 1 aromatic carbocycles. The molecule has 0 aliphatic carbocycles. The number of amides is 1. The molecule has 5 N–H and O–H groups in total. The van der Waals surface area contributed by atoms with Gasteiger partial charge in [0.05, 0.1) is 11.4 Å². The number of aromatic amines is 1. The number of hydrogen-bond donors (Lipinski definition) is 4. The smallest absolute Gasteiger partial charge is 0.412 e. The molecule has 0 unspecified atom stereocenters. The highest BCUT2D eigenvalue weighted by molar-refractivity contribution is 5.93. The van der Waals surface area contributed by atoms with E-state index < -0.39 is 11.7 Å². The highest BCUT2D eigenvalue weighted by Gasteiger charge is 2.19. The number of ether oxygens (including phenoxy) is 1. The Labute approximate surface area is 122 Å². The van der Waals surface area contributed by atoms with Gasteiger partial charge in [0.1, 0.15) is 17.2 Å². The van der Waals surface area contributed by atoms with E-state index in [9.17, 15) is 9.90 Å². The van der Waals surface area contributed by atoms with Crippen molar-refractivity contribution in [3.05, 3.63) is 24.3 Å². The van der Waals surface area contributed by atoms with Crippen molar-refractivity contribution in [2.45, 2.75) is 26.4 Å². The molecular weight excluding hydrogens is 272 g/mol. The minimum Gasteiger partial charge on any atom is -0.506 e. The molecule has 1 heterocycles. The predicted molar refractivity (Wildman–Crippen MR) is 80.0 cm³/mol. The lowest BCUT2D eigenvalue weighted by Gasteiger charge is -2.20. The van der Waals surface area contributed by atoms with Crippen LogP contribution in [0, 0.1) is 0 Å². The van der Waals surface area contributed by atoms with Gasteiger partial charge in [0.15, 0.2) is 0 Å². The second-order valence-electron chi connectivity index (χ2n) is 5.53. The van der Waals surface area contributed by atoms with E-state index in [0.717, 1.165) is 0 Å². The Kier molecular flexibility index (Phi) is 3.75. The van der Waals surface area contributed by atoms with Gasteiger partial charge in [0, 0.05) is 11.6 Å². The number of phenolic OH excluding ortho intramolecular Hbond substituents is 1. The van der Waals surface area contributed by atoms with E-state index in [1.54, 1.807) is 39.0 Å². The van der Waals surface area contributed by atoms with Crippen molar-refractivity contribution in [1.29, 1.82) is 0 Å². The third kappa shape index (κ3) is 3.65. The molecule has 0 radical (unpaired) electrons. The largest absolute Gasteiger partial charge is 0.506 e. The van der Waals surface area contributed by atoms with Crippen molar-refractivity contribution in [2.75, 3.05) is 11.1 Å². The number of nitrogens with one attached hydrogen (secondary N) is 2. The van der Waals surface area contributed by atoms with Crippen LogP contribution in [0.25, 0.3) is 11.3 Å². The number of nitrogen functional groups attached to an aromatic ring is 1. The standard InChI is InChI=1S/C14H18N4O3/c1-14(2,3)21-13(20)16-12-8(5-4-6-10(12)19)9-7-11(15)18-17-9/h4-7,19H,1-3H3,(H,16,20)(H3,15,17,18). The molecule has 1 aromatic heterocycles. The van der Waals surface area contributed by atoms with Crippen LogP contribution in [0.4, 0.5) is 16.3 Å². The first kappa shape index (κ1) is 14.7. The van der Waals surface area contributed by atoms with Gasteiger partial charge in [-0.3, -0.25) is 10.4 Å². The highest BCUT2D eigenvalue weighted by Crippen LogP contribution is 2.34. The second kappa shape index (κ2) is 5.35. The first-order chi connectivity index (χ1) is 9.76. The SMILES string of the molecule is CC(C)(C)OC(=O)Nc1c(O)cccc1-c1cc(N)n[nH]1. The monoisotopic (exact) mass is 290 g/mol. The summed E-state index contributed by atoms with van der Waals surface area (Å²) in [6, 6.07) is 6.45. The van der Waals surface area contributed by atoms with E-state index in [-0.39, 0.29) is 11.4 Å². The Morgan fingerprint density at radius 1 is 1.43 bits per heavy atom. The molecule has 112 valence electrons. The van der Waals surface area contributed by atoms with E-state index in [4.69, 9.17) is 10.5 Å². The summed E-state index contributed by atoms with van der Waals surface area (Å²) in [5, 5.41) is 19.1. The maximum atomic E-state index is 11.9. The van der Waals surface area contributed by atoms with E-state index in [1.165, 1.54) is 6.07 Å². The first-order valence-electron chi connectivity index (χ1n) is 6.39. The number of benzene rings is 1. The Hall–Kier alpha value is -2.70. The quantitative estimate of drug-likeness (QED) is 0.635. The predicted octanol–water partition coefficient (Wildman–Crippen LogP) is 2.71. The zero-order valence-corrected chi connectivity index (χ0v) is 12.1. The molecule has 0 atom stereocenters. The third-order valence-electron chi connectivity index (χ3n) is 2.56. The van der Waals surface area contributed by atoms with Crippen molar-refractivity contribution in [1.82, 2.24) is 10.2 Å². The molecular formula is C14H18N4O3. The number of H-pyrrole nitrogens is 1. The summed E-state index contributed by atoms with van der Waals surface area (Å²) in [5.74, 6) is 0.239. The third-order valence-corrected chi connectivity index (χ3v) is 2.56.